The van der Waals surface area contributed by atoms with Gasteiger partial charge in [-0.15, -0.1) is 0 Å². The van der Waals surface area contributed by atoms with Crippen molar-refractivity contribution in [2.75, 3.05) is 0 Å². The van der Waals surface area contributed by atoms with Crippen molar-refractivity contribution < 1.29 is 15.0 Å². The lowest BCUT2D eigenvalue weighted by Gasteiger charge is -2.10. The van der Waals surface area contributed by atoms with Gasteiger partial charge in [0.05, 0.1) is 11.8 Å². The minimum Gasteiger partial charge on any atom is -0.493 e. The number of benzene rings is 1. The maximum Gasteiger partial charge on any atom is 0.355 e. The lowest BCUT2D eigenvalue weighted by atomic mass is 10.0. The van der Waals surface area contributed by atoms with Gasteiger partial charge >= 0.3 is 5.97 Å². The van der Waals surface area contributed by atoms with Crippen molar-refractivity contribution in [3.63, 3.8) is 0 Å². The van der Waals surface area contributed by atoms with Gasteiger partial charge in [-0.25, -0.2) is 9.78 Å². The molecule has 0 saturated heterocycles. The van der Waals surface area contributed by atoms with Crippen molar-refractivity contribution in [2.45, 2.75) is 13.3 Å². The van der Waals surface area contributed by atoms with E-state index in [-0.39, 0.29) is 23.6 Å². The summed E-state index contributed by atoms with van der Waals surface area (Å²) in [6, 6.07) is 9.21. The lowest BCUT2D eigenvalue weighted by molar-refractivity contribution is 0.0688. The van der Waals surface area contributed by atoms with E-state index in [1.165, 1.54) is 10.7 Å². The van der Waals surface area contributed by atoms with Crippen LogP contribution in [0.15, 0.2) is 36.5 Å². The molecule has 0 radical (unpaired) electrons. The quantitative estimate of drug-likeness (QED) is 0.768. The molecular weight excluding hydrogens is 270 g/mol. The molecule has 2 N–H and O–H groups in total. The molecule has 0 spiro atoms. The van der Waals surface area contributed by atoms with Crippen molar-refractivity contribution in [2.24, 2.45) is 0 Å². The van der Waals surface area contributed by atoms with Crippen LogP contribution in [0.5, 0.6) is 5.88 Å². The zero-order valence-electron chi connectivity index (χ0n) is 11.3. The largest absolute Gasteiger partial charge is 0.493 e. The average molecular weight is 283 g/mol. The fourth-order valence-electron chi connectivity index (χ4n) is 2.33. The molecule has 0 unspecified atom stereocenters. The van der Waals surface area contributed by atoms with E-state index in [0.29, 0.717) is 5.65 Å². The number of aryl methyl sites for hydroxylation is 1. The minimum atomic E-state index is -1.17. The van der Waals surface area contributed by atoms with E-state index in [2.05, 4.69) is 10.1 Å². The highest BCUT2D eigenvalue weighted by atomic mass is 16.4. The molecular formula is C15H13N3O3. The fourth-order valence-corrected chi connectivity index (χ4v) is 2.33. The predicted octanol–water partition coefficient (Wildman–Crippen LogP) is 2.03. The number of carbonyl (C=O) groups is 1. The van der Waals surface area contributed by atoms with E-state index in [4.69, 9.17) is 0 Å². The number of hydrogen-bond acceptors (Lipinski definition) is 4. The summed E-state index contributed by atoms with van der Waals surface area (Å²) in [5.41, 5.74) is 2.38. The Morgan fingerprint density at radius 2 is 2.14 bits per heavy atom. The van der Waals surface area contributed by atoms with Crippen molar-refractivity contribution in [3.05, 3.63) is 58.9 Å². The third-order valence-electron chi connectivity index (χ3n) is 3.27. The summed E-state index contributed by atoms with van der Waals surface area (Å²) in [5, 5.41) is 23.6. The summed E-state index contributed by atoms with van der Waals surface area (Å²) in [6.07, 6.45) is 1.74. The Bertz CT molecular complexity index is 839. The predicted molar refractivity (Wildman–Crippen MR) is 75.6 cm³/mol. The third kappa shape index (κ3) is 2.31. The summed E-state index contributed by atoms with van der Waals surface area (Å²) >= 11 is 0. The fraction of sp³-hybridized carbons (Fsp3) is 0.133. The molecule has 0 amide bonds. The summed E-state index contributed by atoms with van der Waals surface area (Å²) < 4.78 is 1.23. The molecule has 1 aromatic carbocycles. The highest BCUT2D eigenvalue weighted by Gasteiger charge is 2.20. The second kappa shape index (κ2) is 4.90. The highest BCUT2D eigenvalue weighted by molar-refractivity contribution is 5.88. The number of nitrogens with zero attached hydrogens (tertiary/aromatic N) is 3. The summed E-state index contributed by atoms with van der Waals surface area (Å²) in [6.45, 7) is 1.95. The number of hydrogen-bond donors (Lipinski definition) is 2. The van der Waals surface area contributed by atoms with Crippen LogP contribution in [-0.4, -0.2) is 30.8 Å². The molecule has 0 aliphatic rings. The first-order chi connectivity index (χ1) is 10.1. The molecule has 0 fully saturated rings. The van der Waals surface area contributed by atoms with Crippen LogP contribution in [0.25, 0.3) is 5.65 Å². The molecule has 0 bridgehead atoms. The van der Waals surface area contributed by atoms with Crippen LogP contribution in [-0.2, 0) is 6.42 Å². The van der Waals surface area contributed by atoms with Gasteiger partial charge in [0, 0.05) is 12.5 Å². The van der Waals surface area contributed by atoms with Gasteiger partial charge < -0.3 is 10.2 Å². The van der Waals surface area contributed by atoms with Gasteiger partial charge in [0.15, 0.2) is 11.3 Å². The Hall–Kier alpha value is -2.89. The molecule has 0 aliphatic heterocycles. The average Bonchev–Trinajstić information content (AvgIpc) is 2.90. The first-order valence-electron chi connectivity index (χ1n) is 6.40. The zero-order valence-corrected chi connectivity index (χ0v) is 11.3. The molecule has 2 heterocycles. The van der Waals surface area contributed by atoms with Crippen LogP contribution >= 0.6 is 0 Å². The van der Waals surface area contributed by atoms with Crippen molar-refractivity contribution in [1.82, 2.24) is 14.6 Å². The van der Waals surface area contributed by atoms with Gasteiger partial charge in [-0.2, -0.15) is 9.61 Å². The Labute approximate surface area is 120 Å². The first-order valence-corrected chi connectivity index (χ1v) is 6.40. The van der Waals surface area contributed by atoms with Gasteiger partial charge in [0.25, 0.3) is 0 Å². The van der Waals surface area contributed by atoms with Gasteiger partial charge in [-0.3, -0.25) is 0 Å². The van der Waals surface area contributed by atoms with Gasteiger partial charge in [-0.05, 0) is 12.5 Å². The van der Waals surface area contributed by atoms with E-state index in [1.54, 1.807) is 6.07 Å². The Morgan fingerprint density at radius 3 is 2.86 bits per heavy atom. The second-order valence-electron chi connectivity index (χ2n) is 4.83. The molecule has 0 atom stereocenters. The molecule has 106 valence electrons. The number of rotatable bonds is 3. The summed E-state index contributed by atoms with van der Waals surface area (Å²) in [7, 11) is 0. The van der Waals surface area contributed by atoms with Crippen LogP contribution in [0.3, 0.4) is 0 Å². The van der Waals surface area contributed by atoms with Crippen molar-refractivity contribution in [3.8, 4) is 5.88 Å². The normalized spacial score (nSPS) is 10.9. The number of fused-ring (bicyclic) bond motifs is 1. The van der Waals surface area contributed by atoms with Crippen LogP contribution < -0.4 is 0 Å². The molecule has 0 saturated carbocycles. The van der Waals surface area contributed by atoms with Crippen molar-refractivity contribution >= 4 is 11.6 Å². The van der Waals surface area contributed by atoms with Crippen molar-refractivity contribution in [1.29, 1.82) is 0 Å². The smallest absolute Gasteiger partial charge is 0.355 e. The highest BCUT2D eigenvalue weighted by Crippen LogP contribution is 2.24. The SMILES string of the molecule is Cc1cccc(Cc2c(C(=O)O)nc3ccnn3c2O)c1. The number of carboxylic acids is 1. The number of carboxylic acid groups (broad SMARTS) is 1. The first kappa shape index (κ1) is 13.1. The van der Waals surface area contributed by atoms with Crippen LogP contribution in [0.4, 0.5) is 0 Å². The number of aromatic hydroxyl groups is 1. The van der Waals surface area contributed by atoms with E-state index in [1.807, 2.05) is 31.2 Å². The molecule has 2 aromatic heterocycles. The van der Waals surface area contributed by atoms with Gasteiger partial charge in [-0.1, -0.05) is 29.8 Å². The second-order valence-corrected chi connectivity index (χ2v) is 4.83. The number of aromatic nitrogens is 3. The Kier molecular flexibility index (Phi) is 3.06. The third-order valence-corrected chi connectivity index (χ3v) is 3.27. The molecule has 3 rings (SSSR count). The standard InChI is InChI=1S/C15H13N3O3/c1-9-3-2-4-10(7-9)8-11-13(15(20)21)17-12-5-6-16-18(12)14(11)19/h2-7,19H,8H2,1H3,(H,20,21). The van der Waals surface area contributed by atoms with E-state index < -0.39 is 5.97 Å². The van der Waals surface area contributed by atoms with E-state index >= 15 is 0 Å². The van der Waals surface area contributed by atoms with Crippen LogP contribution in [0.2, 0.25) is 0 Å². The molecule has 3 aromatic rings. The zero-order chi connectivity index (χ0) is 15.0. The monoisotopic (exact) mass is 283 g/mol. The van der Waals surface area contributed by atoms with Gasteiger partial charge in [0.2, 0.25) is 5.88 Å². The maximum atomic E-state index is 11.4. The molecule has 0 aliphatic carbocycles. The number of aromatic carboxylic acids is 1. The van der Waals surface area contributed by atoms with E-state index in [9.17, 15) is 15.0 Å². The van der Waals surface area contributed by atoms with E-state index in [0.717, 1.165) is 11.1 Å². The Balaban J connectivity index is 2.17. The Morgan fingerprint density at radius 1 is 1.33 bits per heavy atom. The molecule has 21 heavy (non-hydrogen) atoms. The minimum absolute atomic E-state index is 0.151. The maximum absolute atomic E-state index is 11.4. The van der Waals surface area contributed by atoms with Gasteiger partial charge in [0.1, 0.15) is 0 Å². The van der Waals surface area contributed by atoms with Crippen LogP contribution in [0.1, 0.15) is 27.2 Å². The lowest BCUT2D eigenvalue weighted by Crippen LogP contribution is -2.10. The van der Waals surface area contributed by atoms with Crippen LogP contribution in [0, 0.1) is 6.92 Å². The summed E-state index contributed by atoms with van der Waals surface area (Å²) in [4.78, 5) is 15.4. The topological polar surface area (TPSA) is 87.7 Å². The molecule has 6 heteroatoms. The summed E-state index contributed by atoms with van der Waals surface area (Å²) in [5.74, 6) is -1.36. The molecule has 6 nitrogen and oxygen atoms in total.